The molecule has 0 atom stereocenters. The van der Waals surface area contributed by atoms with Gasteiger partial charge >= 0.3 is 12.6 Å². The maximum absolute atomic E-state index is 12.4. The van der Waals surface area contributed by atoms with Crippen LogP contribution in [0, 0.1) is 0 Å². The SMILES string of the molecule is COC(=O)c1ccc(S(=O)(=O)Nc2ccc(OC)c(OC(F)F)c2)cc1. The summed E-state index contributed by atoms with van der Waals surface area (Å²) in [5.74, 6) is -0.898. The number of hydrogen-bond acceptors (Lipinski definition) is 6. The van der Waals surface area contributed by atoms with Gasteiger partial charge in [0.25, 0.3) is 10.0 Å². The number of halogens is 2. The number of ether oxygens (including phenoxy) is 3. The Morgan fingerprint density at radius 2 is 1.69 bits per heavy atom. The van der Waals surface area contributed by atoms with E-state index in [0.717, 1.165) is 6.07 Å². The quantitative estimate of drug-likeness (QED) is 0.735. The van der Waals surface area contributed by atoms with Gasteiger partial charge in [-0.2, -0.15) is 8.78 Å². The van der Waals surface area contributed by atoms with Gasteiger partial charge in [-0.15, -0.1) is 0 Å². The highest BCUT2D eigenvalue weighted by molar-refractivity contribution is 7.92. The van der Waals surface area contributed by atoms with Crippen LogP contribution in [0.5, 0.6) is 11.5 Å². The standard InChI is InChI=1S/C16H15F2NO6S/c1-23-13-8-5-11(9-14(13)25-16(17)18)19-26(21,22)12-6-3-10(4-7-12)15(20)24-2/h3-9,16,19H,1-2H3. The smallest absolute Gasteiger partial charge is 0.387 e. The topological polar surface area (TPSA) is 90.9 Å². The molecule has 140 valence electrons. The number of anilines is 1. The van der Waals surface area contributed by atoms with Crippen molar-refractivity contribution in [3.63, 3.8) is 0 Å². The highest BCUT2D eigenvalue weighted by atomic mass is 32.2. The van der Waals surface area contributed by atoms with Crippen molar-refractivity contribution < 1.29 is 36.2 Å². The summed E-state index contributed by atoms with van der Waals surface area (Å²) in [5.41, 5.74) is 0.182. The van der Waals surface area contributed by atoms with Crippen molar-refractivity contribution >= 4 is 21.7 Å². The molecule has 26 heavy (non-hydrogen) atoms. The van der Waals surface area contributed by atoms with Crippen molar-refractivity contribution in [1.82, 2.24) is 0 Å². The van der Waals surface area contributed by atoms with Crippen molar-refractivity contribution in [3.8, 4) is 11.5 Å². The predicted octanol–water partition coefficient (Wildman–Crippen LogP) is 2.88. The zero-order valence-electron chi connectivity index (χ0n) is 13.7. The van der Waals surface area contributed by atoms with Crippen LogP contribution in [0.15, 0.2) is 47.4 Å². The zero-order valence-corrected chi connectivity index (χ0v) is 14.5. The monoisotopic (exact) mass is 387 g/mol. The zero-order chi connectivity index (χ0) is 19.3. The summed E-state index contributed by atoms with van der Waals surface area (Å²) in [6.07, 6.45) is 0. The lowest BCUT2D eigenvalue weighted by Crippen LogP contribution is -2.13. The normalized spacial score (nSPS) is 11.1. The second kappa shape index (κ2) is 8.00. The molecule has 2 aromatic rings. The third kappa shape index (κ3) is 4.60. The molecule has 10 heteroatoms. The molecule has 2 rings (SSSR count). The third-order valence-corrected chi connectivity index (χ3v) is 4.61. The van der Waals surface area contributed by atoms with Gasteiger partial charge in [0, 0.05) is 6.07 Å². The Morgan fingerprint density at radius 3 is 2.23 bits per heavy atom. The van der Waals surface area contributed by atoms with Gasteiger partial charge in [0.2, 0.25) is 0 Å². The maximum atomic E-state index is 12.4. The molecule has 0 aliphatic carbocycles. The summed E-state index contributed by atoms with van der Waals surface area (Å²) >= 11 is 0. The van der Waals surface area contributed by atoms with E-state index in [9.17, 15) is 22.0 Å². The first-order valence-electron chi connectivity index (χ1n) is 7.11. The number of carbonyl (C=O) groups excluding carboxylic acids is 1. The molecule has 0 amide bonds. The second-order valence-corrected chi connectivity index (χ2v) is 6.55. The van der Waals surface area contributed by atoms with Gasteiger partial charge in [0.1, 0.15) is 0 Å². The minimum absolute atomic E-state index is 0.00139. The Kier molecular flexibility index (Phi) is 5.98. The maximum Gasteiger partial charge on any atom is 0.387 e. The van der Waals surface area contributed by atoms with Gasteiger partial charge in [-0.3, -0.25) is 4.72 Å². The molecule has 0 aliphatic heterocycles. The van der Waals surface area contributed by atoms with E-state index >= 15 is 0 Å². The summed E-state index contributed by atoms with van der Waals surface area (Å²) in [6.45, 7) is -3.10. The van der Waals surface area contributed by atoms with Crippen LogP contribution in [0.4, 0.5) is 14.5 Å². The molecule has 0 saturated carbocycles. The van der Waals surface area contributed by atoms with Crippen LogP contribution in [0.1, 0.15) is 10.4 Å². The van der Waals surface area contributed by atoms with Crippen molar-refractivity contribution in [1.29, 1.82) is 0 Å². The van der Waals surface area contributed by atoms with Gasteiger partial charge in [0.15, 0.2) is 11.5 Å². The van der Waals surface area contributed by atoms with Gasteiger partial charge in [0.05, 0.1) is 30.4 Å². The molecule has 0 fully saturated rings. The Hall–Kier alpha value is -2.88. The summed E-state index contributed by atoms with van der Waals surface area (Å²) in [5, 5.41) is 0. The number of hydrogen-bond donors (Lipinski definition) is 1. The molecule has 0 aromatic heterocycles. The summed E-state index contributed by atoms with van der Waals surface area (Å²) in [7, 11) is -1.54. The lowest BCUT2D eigenvalue weighted by molar-refractivity contribution is -0.0511. The Labute approximate surface area is 148 Å². The summed E-state index contributed by atoms with van der Waals surface area (Å²) in [6, 6.07) is 8.71. The first-order chi connectivity index (χ1) is 12.3. The number of methoxy groups -OCH3 is 2. The predicted molar refractivity (Wildman–Crippen MR) is 88.2 cm³/mol. The van der Waals surface area contributed by atoms with Crippen LogP contribution in [0.3, 0.4) is 0 Å². The number of esters is 1. The fourth-order valence-electron chi connectivity index (χ4n) is 2.03. The van der Waals surface area contributed by atoms with E-state index in [1.807, 2.05) is 0 Å². The van der Waals surface area contributed by atoms with Crippen molar-refractivity contribution in [2.75, 3.05) is 18.9 Å². The molecule has 0 heterocycles. The van der Waals surface area contributed by atoms with Crippen LogP contribution in [-0.2, 0) is 14.8 Å². The van der Waals surface area contributed by atoms with Gasteiger partial charge in [-0.1, -0.05) is 0 Å². The fourth-order valence-corrected chi connectivity index (χ4v) is 3.08. The van der Waals surface area contributed by atoms with Gasteiger partial charge in [-0.25, -0.2) is 13.2 Å². The molecule has 0 spiro atoms. The van der Waals surface area contributed by atoms with Crippen molar-refractivity contribution in [2.24, 2.45) is 0 Å². The van der Waals surface area contributed by atoms with Crippen LogP contribution in [0.25, 0.3) is 0 Å². The van der Waals surface area contributed by atoms with Gasteiger partial charge < -0.3 is 14.2 Å². The van der Waals surface area contributed by atoms with E-state index in [0.29, 0.717) is 0 Å². The highest BCUT2D eigenvalue weighted by Gasteiger charge is 2.18. The van der Waals surface area contributed by atoms with Crippen molar-refractivity contribution in [3.05, 3.63) is 48.0 Å². The first kappa shape index (κ1) is 19.4. The van der Waals surface area contributed by atoms with E-state index in [2.05, 4.69) is 14.2 Å². The van der Waals surface area contributed by atoms with Crippen molar-refractivity contribution in [2.45, 2.75) is 11.5 Å². The third-order valence-electron chi connectivity index (χ3n) is 3.22. The number of nitrogens with one attached hydrogen (secondary N) is 1. The highest BCUT2D eigenvalue weighted by Crippen LogP contribution is 2.32. The van der Waals surface area contributed by atoms with Crippen LogP contribution in [0.2, 0.25) is 0 Å². The molecule has 2 aromatic carbocycles. The largest absolute Gasteiger partial charge is 0.493 e. The minimum Gasteiger partial charge on any atom is -0.493 e. The molecular formula is C16H15F2NO6S. The van der Waals surface area contributed by atoms with Crippen LogP contribution < -0.4 is 14.2 Å². The number of alkyl halides is 2. The molecule has 0 bridgehead atoms. The minimum atomic E-state index is -4.01. The van der Waals surface area contributed by atoms with Crippen LogP contribution >= 0.6 is 0 Å². The molecule has 0 radical (unpaired) electrons. The van der Waals surface area contributed by atoms with E-state index in [-0.39, 0.29) is 27.6 Å². The molecule has 0 saturated heterocycles. The number of carbonyl (C=O) groups is 1. The van der Waals surface area contributed by atoms with E-state index < -0.39 is 22.6 Å². The summed E-state index contributed by atoms with van der Waals surface area (Å²) in [4.78, 5) is 11.2. The van der Waals surface area contributed by atoms with E-state index in [1.54, 1.807) is 0 Å². The van der Waals surface area contributed by atoms with E-state index in [4.69, 9.17) is 4.74 Å². The molecule has 0 aliphatic rings. The Morgan fingerprint density at radius 1 is 1.04 bits per heavy atom. The number of benzene rings is 2. The lowest BCUT2D eigenvalue weighted by Gasteiger charge is -2.13. The van der Waals surface area contributed by atoms with Crippen LogP contribution in [-0.4, -0.2) is 35.2 Å². The van der Waals surface area contributed by atoms with E-state index in [1.165, 1.54) is 50.6 Å². The molecular weight excluding hydrogens is 372 g/mol. The molecule has 0 unspecified atom stereocenters. The second-order valence-electron chi connectivity index (χ2n) is 4.87. The Balaban J connectivity index is 2.27. The summed E-state index contributed by atoms with van der Waals surface area (Å²) < 4.78 is 65.6. The average molecular weight is 387 g/mol. The number of sulfonamides is 1. The first-order valence-corrected chi connectivity index (χ1v) is 8.59. The molecule has 7 nitrogen and oxygen atoms in total. The molecule has 1 N–H and O–H groups in total. The Bertz CT molecular complexity index is 884. The average Bonchev–Trinajstić information content (AvgIpc) is 2.60. The lowest BCUT2D eigenvalue weighted by atomic mass is 10.2. The van der Waals surface area contributed by atoms with Gasteiger partial charge in [-0.05, 0) is 36.4 Å². The number of rotatable bonds is 7. The fraction of sp³-hybridized carbons (Fsp3) is 0.188.